The van der Waals surface area contributed by atoms with Crippen LogP contribution in [0.4, 0.5) is 0 Å². The van der Waals surface area contributed by atoms with Crippen molar-refractivity contribution in [1.29, 1.82) is 0 Å². The van der Waals surface area contributed by atoms with Gasteiger partial charge < -0.3 is 16.6 Å². The molecule has 0 N–H and O–H groups in total. The van der Waals surface area contributed by atoms with Crippen molar-refractivity contribution in [3.63, 3.8) is 0 Å². The van der Waals surface area contributed by atoms with Crippen molar-refractivity contribution in [1.82, 2.24) is 0 Å². The van der Waals surface area contributed by atoms with Gasteiger partial charge in [0.05, 0.1) is 0 Å². The van der Waals surface area contributed by atoms with Gasteiger partial charge in [-0.25, -0.2) is 6.17 Å². The summed E-state index contributed by atoms with van der Waals surface area (Å²) in [6.07, 6.45) is 0.185. The molecule has 0 amide bonds. The molecular weight excluding hydrogens is 416 g/mol. The van der Waals surface area contributed by atoms with Crippen molar-refractivity contribution in [2.24, 2.45) is 12.9 Å². The van der Waals surface area contributed by atoms with E-state index in [0.29, 0.717) is 18.0 Å². The van der Waals surface area contributed by atoms with Crippen molar-refractivity contribution in [2.45, 2.75) is 133 Å². The number of nitrogens with zero attached hydrogens (tertiary/aromatic N) is 4. The molecular formula is C22H49MoN4-3. The average Bonchev–Trinajstić information content (AvgIpc) is 2.33. The molecule has 0 aliphatic carbocycles. The van der Waals surface area contributed by atoms with Crippen LogP contribution in [0.25, 0.3) is 10.6 Å². The van der Waals surface area contributed by atoms with Crippen LogP contribution >= 0.6 is 0 Å². The molecule has 0 saturated carbocycles. The molecule has 0 rings (SSSR count). The Hall–Kier alpha value is 0.208. The summed E-state index contributed by atoms with van der Waals surface area (Å²) in [4.78, 5) is 0. The smallest absolute Gasteiger partial charge is 0.0658 e. The molecule has 0 aliphatic rings. The third-order valence-corrected chi connectivity index (χ3v) is 5.22. The van der Waals surface area contributed by atoms with E-state index in [1.807, 2.05) is 0 Å². The Morgan fingerprint density at radius 1 is 0.667 bits per heavy atom. The predicted molar refractivity (Wildman–Crippen MR) is 120 cm³/mol. The zero-order valence-corrected chi connectivity index (χ0v) is 23.0. The normalized spacial score (nSPS) is 12.0. The average molecular weight is 466 g/mol. The standard InChI is InChI=1S/C10H22N2.2C4H9N.C4H9.Mo/c1-7(2)10(11-8(3)4)12-9(5)6;2*1-4(2,3)5;1-4(2)3;/h7-10H,1-6H3;2*1-3H3;1-3H3;/q-2;;;-1;. The SMILES string of the molecule is CC(C)(C)[N]=[Mo]=[N]C(C)(C)C.CC(C)[N-]C([N-]C(C)C)C(C)C.C[C-](C)C. The summed E-state index contributed by atoms with van der Waals surface area (Å²) < 4.78 is 9.01. The van der Waals surface area contributed by atoms with Crippen LogP contribution < -0.4 is 0 Å². The molecule has 0 aromatic heterocycles. The van der Waals surface area contributed by atoms with Gasteiger partial charge in [-0.15, -0.1) is 12.1 Å². The Bertz CT molecular complexity index is 365. The van der Waals surface area contributed by atoms with E-state index in [1.165, 1.54) is 5.92 Å². The van der Waals surface area contributed by atoms with Gasteiger partial charge in [-0.05, 0) is 0 Å². The summed E-state index contributed by atoms with van der Waals surface area (Å²) in [6.45, 7) is 31.7. The van der Waals surface area contributed by atoms with Gasteiger partial charge in [-0.3, -0.25) is 0 Å². The topological polar surface area (TPSA) is 52.9 Å². The fraction of sp³-hybridized carbons (Fsp3) is 0.955. The first-order valence-corrected chi connectivity index (χ1v) is 11.9. The zero-order valence-electron chi connectivity index (χ0n) is 21.0. The van der Waals surface area contributed by atoms with Gasteiger partial charge >= 0.3 is 77.8 Å². The molecule has 0 heterocycles. The summed E-state index contributed by atoms with van der Waals surface area (Å²) in [7, 11) is 0. The molecule has 0 aliphatic heterocycles. The van der Waals surface area contributed by atoms with Gasteiger partial charge in [-0.2, -0.15) is 20.8 Å². The number of hydrogen-bond acceptors (Lipinski definition) is 2. The first kappa shape index (κ1) is 31.9. The van der Waals surface area contributed by atoms with Gasteiger partial charge in [-0.1, -0.05) is 47.5 Å². The number of rotatable bonds is 5. The van der Waals surface area contributed by atoms with E-state index in [0.717, 1.165) is 0 Å². The van der Waals surface area contributed by atoms with Crippen molar-refractivity contribution in [3.05, 3.63) is 16.6 Å². The Kier molecular flexibility index (Phi) is 19.0. The molecule has 0 bridgehead atoms. The van der Waals surface area contributed by atoms with E-state index in [9.17, 15) is 0 Å². The molecule has 27 heavy (non-hydrogen) atoms. The summed E-state index contributed by atoms with van der Waals surface area (Å²) >= 11 is -0.473. The summed E-state index contributed by atoms with van der Waals surface area (Å²) in [5, 5.41) is 9.10. The monoisotopic (exact) mass is 467 g/mol. The predicted octanol–water partition coefficient (Wildman–Crippen LogP) is 8.19. The van der Waals surface area contributed by atoms with E-state index < -0.39 is 18.2 Å². The van der Waals surface area contributed by atoms with Gasteiger partial charge in [0.15, 0.2) is 0 Å². The van der Waals surface area contributed by atoms with Crippen molar-refractivity contribution in [3.8, 4) is 0 Å². The van der Waals surface area contributed by atoms with E-state index in [-0.39, 0.29) is 17.2 Å². The molecule has 0 saturated heterocycles. The van der Waals surface area contributed by atoms with E-state index in [2.05, 4.69) is 121 Å². The van der Waals surface area contributed by atoms with Crippen molar-refractivity contribution >= 4 is 0 Å². The van der Waals surface area contributed by atoms with Crippen LogP contribution in [0.15, 0.2) is 6.99 Å². The van der Waals surface area contributed by atoms with E-state index >= 15 is 0 Å². The van der Waals surface area contributed by atoms with E-state index in [1.54, 1.807) is 0 Å². The number of hydrogen-bond donors (Lipinski definition) is 0. The third kappa shape index (κ3) is 37.6. The second-order valence-corrected chi connectivity index (χ2v) is 11.5. The zero-order chi connectivity index (χ0) is 22.4. The molecule has 0 fully saturated rings. The third-order valence-electron chi connectivity index (χ3n) is 2.13. The Morgan fingerprint density at radius 2 is 0.926 bits per heavy atom. The molecule has 5 heteroatoms. The maximum absolute atomic E-state index is 4.55. The fourth-order valence-electron chi connectivity index (χ4n) is 1.26. The largest absolute Gasteiger partial charge is 0.675 e. The molecule has 0 aromatic rings. The Balaban J connectivity index is -0.000000357. The molecule has 0 spiro atoms. The van der Waals surface area contributed by atoms with Crippen LogP contribution in [0.1, 0.15) is 104 Å². The van der Waals surface area contributed by atoms with Gasteiger partial charge in [0.25, 0.3) is 0 Å². The molecule has 166 valence electrons. The van der Waals surface area contributed by atoms with Crippen LogP contribution in [0.3, 0.4) is 0 Å². The Labute approximate surface area is 180 Å². The quantitative estimate of drug-likeness (QED) is 0.290. The summed E-state index contributed by atoms with van der Waals surface area (Å²) in [5.74, 6) is 1.94. The molecule has 4 nitrogen and oxygen atoms in total. The molecule has 0 atom stereocenters. The second-order valence-electron chi connectivity index (χ2n) is 10.2. The molecule has 0 unspecified atom stereocenters. The first-order chi connectivity index (χ1) is 11.9. The summed E-state index contributed by atoms with van der Waals surface area (Å²) in [5.41, 5.74) is 0.216. The fourth-order valence-corrected chi connectivity index (χ4v) is 2.56. The minimum atomic E-state index is -0.473. The minimum absolute atomic E-state index is 0.108. The van der Waals surface area contributed by atoms with Crippen LogP contribution in [0.5, 0.6) is 0 Å². The van der Waals surface area contributed by atoms with Crippen LogP contribution in [0, 0.1) is 11.8 Å². The van der Waals surface area contributed by atoms with Gasteiger partial charge in [0, 0.05) is 0 Å². The van der Waals surface area contributed by atoms with Crippen molar-refractivity contribution in [2.75, 3.05) is 0 Å². The van der Waals surface area contributed by atoms with Crippen LogP contribution in [0.2, 0.25) is 0 Å². The van der Waals surface area contributed by atoms with Gasteiger partial charge in [0.1, 0.15) is 0 Å². The molecule has 0 aromatic carbocycles. The van der Waals surface area contributed by atoms with Gasteiger partial charge in [0.2, 0.25) is 0 Å². The Morgan fingerprint density at radius 3 is 1.07 bits per heavy atom. The summed E-state index contributed by atoms with van der Waals surface area (Å²) in [6, 6.07) is 0.778. The molecule has 0 radical (unpaired) electrons. The minimum Gasteiger partial charge on any atom is -0.675 e. The van der Waals surface area contributed by atoms with Crippen LogP contribution in [-0.4, -0.2) is 29.3 Å². The maximum atomic E-state index is 4.55. The van der Waals surface area contributed by atoms with Crippen LogP contribution in [-0.2, 0) is 18.2 Å². The first-order valence-electron chi connectivity index (χ1n) is 10.1. The maximum Gasteiger partial charge on any atom is -0.0658 e. The van der Waals surface area contributed by atoms with Crippen molar-refractivity contribution < 1.29 is 18.2 Å². The second kappa shape index (κ2) is 16.1. The van der Waals surface area contributed by atoms with E-state index in [4.69, 9.17) is 0 Å².